The standard InChI is InChI=1S/C12H15N3O2/c1-2-3-4-11(12(16)17)15-10-6-5-9(7-13)14-8-10/h5-6,8,11,15H,2-4H2,1H3,(H,16,17). The summed E-state index contributed by atoms with van der Waals surface area (Å²) in [5.74, 6) is -0.872. The number of rotatable bonds is 6. The van der Waals surface area contributed by atoms with Crippen molar-refractivity contribution in [2.75, 3.05) is 5.32 Å². The Labute approximate surface area is 100 Å². The smallest absolute Gasteiger partial charge is 0.326 e. The molecule has 0 aromatic carbocycles. The highest BCUT2D eigenvalue weighted by molar-refractivity contribution is 5.77. The molecule has 2 N–H and O–H groups in total. The summed E-state index contributed by atoms with van der Waals surface area (Å²) in [6.45, 7) is 2.02. The maximum Gasteiger partial charge on any atom is 0.326 e. The molecule has 0 saturated heterocycles. The molecule has 0 amide bonds. The largest absolute Gasteiger partial charge is 0.480 e. The van der Waals surface area contributed by atoms with Crippen LogP contribution < -0.4 is 5.32 Å². The SMILES string of the molecule is CCCCC(Nc1ccc(C#N)nc1)C(=O)O. The predicted octanol–water partition coefficient (Wildman–Crippen LogP) is 2.01. The topological polar surface area (TPSA) is 86.0 Å². The van der Waals surface area contributed by atoms with Gasteiger partial charge in [0.2, 0.25) is 0 Å². The van der Waals surface area contributed by atoms with Crippen molar-refractivity contribution in [1.82, 2.24) is 4.98 Å². The van der Waals surface area contributed by atoms with E-state index in [1.165, 1.54) is 6.20 Å². The summed E-state index contributed by atoms with van der Waals surface area (Å²) < 4.78 is 0. The van der Waals surface area contributed by atoms with Crippen LogP contribution in [0.2, 0.25) is 0 Å². The summed E-state index contributed by atoms with van der Waals surface area (Å²) in [4.78, 5) is 14.9. The zero-order valence-electron chi connectivity index (χ0n) is 9.68. The van der Waals surface area contributed by atoms with Gasteiger partial charge in [-0.25, -0.2) is 9.78 Å². The Morgan fingerprint density at radius 2 is 2.41 bits per heavy atom. The van der Waals surface area contributed by atoms with Crippen LogP contribution in [0.15, 0.2) is 18.3 Å². The van der Waals surface area contributed by atoms with E-state index in [0.717, 1.165) is 12.8 Å². The minimum absolute atomic E-state index is 0.316. The van der Waals surface area contributed by atoms with Gasteiger partial charge in [-0.15, -0.1) is 0 Å². The van der Waals surface area contributed by atoms with Gasteiger partial charge in [-0.2, -0.15) is 5.26 Å². The van der Waals surface area contributed by atoms with Gasteiger partial charge in [-0.05, 0) is 18.6 Å². The molecule has 1 heterocycles. The van der Waals surface area contributed by atoms with E-state index in [1.807, 2.05) is 13.0 Å². The average molecular weight is 233 g/mol. The van der Waals surface area contributed by atoms with E-state index < -0.39 is 12.0 Å². The summed E-state index contributed by atoms with van der Waals surface area (Å²) in [7, 11) is 0. The van der Waals surface area contributed by atoms with Crippen LogP contribution >= 0.6 is 0 Å². The molecule has 0 spiro atoms. The van der Waals surface area contributed by atoms with Gasteiger partial charge in [0.25, 0.3) is 0 Å². The number of carboxylic acids is 1. The van der Waals surface area contributed by atoms with Crippen molar-refractivity contribution in [3.63, 3.8) is 0 Å². The Balaban J connectivity index is 2.65. The number of carboxylic acid groups (broad SMARTS) is 1. The highest BCUT2D eigenvalue weighted by atomic mass is 16.4. The first-order chi connectivity index (χ1) is 8.17. The Morgan fingerprint density at radius 1 is 1.65 bits per heavy atom. The molecule has 0 radical (unpaired) electrons. The molecule has 1 rings (SSSR count). The average Bonchev–Trinajstić information content (AvgIpc) is 2.35. The van der Waals surface area contributed by atoms with Crippen LogP contribution in [0.4, 0.5) is 5.69 Å². The van der Waals surface area contributed by atoms with Crippen LogP contribution in [0.5, 0.6) is 0 Å². The Bertz CT molecular complexity index is 409. The summed E-state index contributed by atoms with van der Waals surface area (Å²) in [5, 5.41) is 20.5. The number of hydrogen-bond acceptors (Lipinski definition) is 4. The number of carbonyl (C=O) groups is 1. The molecule has 17 heavy (non-hydrogen) atoms. The second-order valence-electron chi connectivity index (χ2n) is 3.72. The van der Waals surface area contributed by atoms with Crippen molar-refractivity contribution in [2.24, 2.45) is 0 Å². The van der Waals surface area contributed by atoms with Crippen LogP contribution in [0.3, 0.4) is 0 Å². The van der Waals surface area contributed by atoms with Crippen LogP contribution in [-0.4, -0.2) is 22.1 Å². The molecule has 1 unspecified atom stereocenters. The molecule has 1 aromatic rings. The molecule has 1 atom stereocenters. The third kappa shape index (κ3) is 4.11. The Hall–Kier alpha value is -2.09. The maximum atomic E-state index is 11.0. The molecule has 90 valence electrons. The van der Waals surface area contributed by atoms with Crippen molar-refractivity contribution in [2.45, 2.75) is 32.2 Å². The second-order valence-corrected chi connectivity index (χ2v) is 3.72. The van der Waals surface area contributed by atoms with E-state index >= 15 is 0 Å². The number of aromatic nitrogens is 1. The van der Waals surface area contributed by atoms with Crippen LogP contribution in [-0.2, 0) is 4.79 Å². The van der Waals surface area contributed by atoms with E-state index in [0.29, 0.717) is 17.8 Å². The summed E-state index contributed by atoms with van der Waals surface area (Å²) in [5.41, 5.74) is 0.934. The molecule has 5 heteroatoms. The van der Waals surface area contributed by atoms with Gasteiger partial charge in [-0.1, -0.05) is 19.8 Å². The van der Waals surface area contributed by atoms with Crippen molar-refractivity contribution < 1.29 is 9.90 Å². The number of unbranched alkanes of at least 4 members (excludes halogenated alkanes) is 1. The quantitative estimate of drug-likeness (QED) is 0.784. The predicted molar refractivity (Wildman–Crippen MR) is 63.5 cm³/mol. The van der Waals surface area contributed by atoms with Crippen LogP contribution in [0, 0.1) is 11.3 Å². The zero-order valence-corrected chi connectivity index (χ0v) is 9.68. The van der Waals surface area contributed by atoms with Crippen molar-refractivity contribution in [3.8, 4) is 6.07 Å². The van der Waals surface area contributed by atoms with Gasteiger partial charge in [0.15, 0.2) is 0 Å². The van der Waals surface area contributed by atoms with Crippen LogP contribution in [0.1, 0.15) is 31.9 Å². The van der Waals surface area contributed by atoms with Gasteiger partial charge < -0.3 is 10.4 Å². The molecular weight excluding hydrogens is 218 g/mol. The zero-order chi connectivity index (χ0) is 12.7. The number of anilines is 1. The second kappa shape index (κ2) is 6.48. The molecule has 0 saturated carbocycles. The summed E-state index contributed by atoms with van der Waals surface area (Å²) in [6.07, 6.45) is 3.86. The first-order valence-electron chi connectivity index (χ1n) is 5.53. The van der Waals surface area contributed by atoms with E-state index in [4.69, 9.17) is 10.4 Å². The van der Waals surface area contributed by atoms with Crippen molar-refractivity contribution >= 4 is 11.7 Å². The van der Waals surface area contributed by atoms with Gasteiger partial charge >= 0.3 is 5.97 Å². The van der Waals surface area contributed by atoms with Gasteiger partial charge in [0.05, 0.1) is 11.9 Å². The fraction of sp³-hybridized carbons (Fsp3) is 0.417. The lowest BCUT2D eigenvalue weighted by atomic mass is 10.1. The normalized spacial score (nSPS) is 11.5. The molecule has 0 aliphatic heterocycles. The first kappa shape index (κ1) is 13.0. The first-order valence-corrected chi connectivity index (χ1v) is 5.53. The van der Waals surface area contributed by atoms with E-state index in [1.54, 1.807) is 12.1 Å². The van der Waals surface area contributed by atoms with Gasteiger partial charge in [0.1, 0.15) is 17.8 Å². The number of pyridine rings is 1. The molecule has 0 fully saturated rings. The minimum atomic E-state index is -0.872. The molecule has 0 aliphatic carbocycles. The molecule has 5 nitrogen and oxygen atoms in total. The molecule has 1 aromatic heterocycles. The third-order valence-electron chi connectivity index (χ3n) is 2.36. The highest BCUT2D eigenvalue weighted by Crippen LogP contribution is 2.11. The van der Waals surface area contributed by atoms with Crippen molar-refractivity contribution in [3.05, 3.63) is 24.0 Å². The minimum Gasteiger partial charge on any atom is -0.480 e. The number of nitrogens with zero attached hydrogens (tertiary/aromatic N) is 2. The fourth-order valence-electron chi connectivity index (χ4n) is 1.41. The highest BCUT2D eigenvalue weighted by Gasteiger charge is 2.16. The number of nitrogens with one attached hydrogen (secondary N) is 1. The van der Waals surface area contributed by atoms with E-state index in [2.05, 4.69) is 10.3 Å². The lowest BCUT2D eigenvalue weighted by molar-refractivity contribution is -0.138. The third-order valence-corrected chi connectivity index (χ3v) is 2.36. The Morgan fingerprint density at radius 3 is 2.88 bits per heavy atom. The van der Waals surface area contributed by atoms with Crippen LogP contribution in [0.25, 0.3) is 0 Å². The summed E-state index contributed by atoms with van der Waals surface area (Å²) in [6, 6.07) is 4.52. The van der Waals surface area contributed by atoms with E-state index in [9.17, 15) is 4.79 Å². The molecule has 0 bridgehead atoms. The van der Waals surface area contributed by atoms with Crippen molar-refractivity contribution in [1.29, 1.82) is 5.26 Å². The lowest BCUT2D eigenvalue weighted by Gasteiger charge is -2.14. The van der Waals surface area contributed by atoms with E-state index in [-0.39, 0.29) is 0 Å². The Kier molecular flexibility index (Phi) is 4.95. The molecule has 0 aliphatic rings. The number of nitriles is 1. The maximum absolute atomic E-state index is 11.0. The van der Waals surface area contributed by atoms with Gasteiger partial charge in [0, 0.05) is 0 Å². The summed E-state index contributed by atoms with van der Waals surface area (Å²) >= 11 is 0. The molecular formula is C12H15N3O2. The van der Waals surface area contributed by atoms with Gasteiger partial charge in [-0.3, -0.25) is 0 Å². The number of hydrogen-bond donors (Lipinski definition) is 2. The fourth-order valence-corrected chi connectivity index (χ4v) is 1.41. The number of aliphatic carboxylic acids is 1. The lowest BCUT2D eigenvalue weighted by Crippen LogP contribution is -2.29. The monoisotopic (exact) mass is 233 g/mol.